The number of alkyl halides is 2. The molecule has 0 unspecified atom stereocenters. The normalized spacial score (nSPS) is 11.5. The van der Waals surface area contributed by atoms with Gasteiger partial charge in [0.15, 0.2) is 17.2 Å². The maximum atomic E-state index is 13.9. The molecule has 35 heavy (non-hydrogen) atoms. The molecule has 0 saturated carbocycles. The number of amides is 1. The van der Waals surface area contributed by atoms with E-state index in [4.69, 9.17) is 4.42 Å². The summed E-state index contributed by atoms with van der Waals surface area (Å²) in [6, 6.07) is 16.2. The second kappa shape index (κ2) is 9.13. The van der Waals surface area contributed by atoms with Crippen LogP contribution in [0.3, 0.4) is 0 Å². The molecule has 0 aliphatic carbocycles. The molecule has 0 aliphatic rings. The second-order valence-corrected chi connectivity index (χ2v) is 8.18. The molecule has 10 heteroatoms. The Hall–Kier alpha value is -4.34. The molecule has 0 atom stereocenters. The van der Waals surface area contributed by atoms with E-state index >= 15 is 0 Å². The molecule has 5 aromatic rings. The van der Waals surface area contributed by atoms with Gasteiger partial charge in [-0.25, -0.2) is 18.4 Å². The van der Waals surface area contributed by atoms with Crippen molar-refractivity contribution in [2.45, 2.75) is 33.4 Å². The number of carbonyl (C=O) groups is 1. The van der Waals surface area contributed by atoms with E-state index in [0.29, 0.717) is 23.8 Å². The molecule has 5 rings (SSSR count). The van der Waals surface area contributed by atoms with Crippen LogP contribution in [-0.4, -0.2) is 30.5 Å². The Morgan fingerprint density at radius 2 is 1.86 bits per heavy atom. The highest BCUT2D eigenvalue weighted by Gasteiger charge is 2.23. The second-order valence-electron chi connectivity index (χ2n) is 8.18. The van der Waals surface area contributed by atoms with E-state index in [2.05, 4.69) is 20.5 Å². The van der Waals surface area contributed by atoms with Crippen molar-refractivity contribution in [2.75, 3.05) is 5.32 Å². The summed E-state index contributed by atoms with van der Waals surface area (Å²) in [6.07, 6.45) is -1.30. The number of fused-ring (bicyclic) bond motifs is 1. The largest absolute Gasteiger partial charge is 0.463 e. The summed E-state index contributed by atoms with van der Waals surface area (Å²) in [4.78, 5) is 17.3. The first-order valence-electron chi connectivity index (χ1n) is 11.0. The molecule has 0 bridgehead atoms. The molecule has 0 aliphatic heterocycles. The quantitative estimate of drug-likeness (QED) is 0.352. The van der Waals surface area contributed by atoms with E-state index in [9.17, 15) is 13.6 Å². The molecule has 0 spiro atoms. The van der Waals surface area contributed by atoms with Gasteiger partial charge in [-0.05, 0) is 37.6 Å². The van der Waals surface area contributed by atoms with E-state index < -0.39 is 12.3 Å². The van der Waals surface area contributed by atoms with Crippen LogP contribution in [0.25, 0.3) is 22.5 Å². The molecule has 0 fully saturated rings. The number of rotatable bonds is 7. The molecule has 178 valence electrons. The number of benzene rings is 1. The number of anilines is 1. The van der Waals surface area contributed by atoms with Gasteiger partial charge in [0, 0.05) is 17.3 Å². The zero-order chi connectivity index (χ0) is 24.5. The van der Waals surface area contributed by atoms with Crippen molar-refractivity contribution < 1.29 is 18.0 Å². The lowest BCUT2D eigenvalue weighted by Gasteiger charge is -2.07. The summed E-state index contributed by atoms with van der Waals surface area (Å²) < 4.78 is 36.2. The molecular weight excluding hydrogens is 454 g/mol. The van der Waals surface area contributed by atoms with Crippen molar-refractivity contribution in [1.82, 2.24) is 24.5 Å². The third kappa shape index (κ3) is 4.54. The fourth-order valence-corrected chi connectivity index (χ4v) is 4.03. The first-order chi connectivity index (χ1) is 16.9. The first-order valence-corrected chi connectivity index (χ1v) is 11.0. The Bertz CT molecular complexity index is 1490. The topological polar surface area (TPSA) is 90.8 Å². The van der Waals surface area contributed by atoms with Crippen LogP contribution in [0.1, 0.15) is 28.9 Å². The predicted octanol–water partition coefficient (Wildman–Crippen LogP) is 5.13. The van der Waals surface area contributed by atoms with Gasteiger partial charge in [-0.1, -0.05) is 30.3 Å². The predicted molar refractivity (Wildman–Crippen MR) is 126 cm³/mol. The van der Waals surface area contributed by atoms with Crippen molar-refractivity contribution in [3.05, 3.63) is 83.4 Å². The fraction of sp³-hybridized carbons (Fsp3) is 0.200. The lowest BCUT2D eigenvalue weighted by molar-refractivity contribution is -0.116. The molecule has 1 amide bonds. The van der Waals surface area contributed by atoms with Gasteiger partial charge in [0.1, 0.15) is 12.2 Å². The zero-order valence-electron chi connectivity index (χ0n) is 19.1. The first kappa shape index (κ1) is 22.5. The number of aryl methyl sites for hydroxylation is 2. The smallest absolute Gasteiger partial charge is 0.264 e. The minimum absolute atomic E-state index is 0.188. The molecule has 0 saturated heterocycles. The van der Waals surface area contributed by atoms with Gasteiger partial charge >= 0.3 is 0 Å². The molecule has 1 aromatic carbocycles. The number of carbonyl (C=O) groups excluding carboxylic acids is 1. The van der Waals surface area contributed by atoms with E-state index in [-0.39, 0.29) is 28.8 Å². The Morgan fingerprint density at radius 3 is 2.57 bits per heavy atom. The van der Waals surface area contributed by atoms with Crippen LogP contribution in [0.4, 0.5) is 14.6 Å². The van der Waals surface area contributed by atoms with Gasteiger partial charge in [-0.15, -0.1) is 0 Å². The Morgan fingerprint density at radius 1 is 1.06 bits per heavy atom. The number of hydrogen-bond donors (Lipinski definition) is 1. The molecule has 1 N–H and O–H groups in total. The van der Waals surface area contributed by atoms with Crippen molar-refractivity contribution in [3.63, 3.8) is 0 Å². The van der Waals surface area contributed by atoms with Crippen LogP contribution >= 0.6 is 0 Å². The summed E-state index contributed by atoms with van der Waals surface area (Å²) in [5, 5.41) is 11.8. The van der Waals surface area contributed by atoms with E-state index in [1.165, 1.54) is 17.0 Å². The zero-order valence-corrected chi connectivity index (χ0v) is 19.1. The van der Waals surface area contributed by atoms with Crippen LogP contribution in [0.2, 0.25) is 0 Å². The lowest BCUT2D eigenvalue weighted by atomic mass is 10.1. The summed E-state index contributed by atoms with van der Waals surface area (Å²) in [5.41, 5.74) is 2.56. The highest BCUT2D eigenvalue weighted by Crippen LogP contribution is 2.33. The average Bonchev–Trinajstić information content (AvgIpc) is 3.55. The van der Waals surface area contributed by atoms with Crippen LogP contribution in [0.5, 0.6) is 0 Å². The third-order valence-electron chi connectivity index (χ3n) is 5.63. The van der Waals surface area contributed by atoms with Crippen LogP contribution < -0.4 is 5.32 Å². The summed E-state index contributed by atoms with van der Waals surface area (Å²) >= 11 is 0. The Balaban J connectivity index is 1.41. The molecule has 8 nitrogen and oxygen atoms in total. The van der Waals surface area contributed by atoms with Gasteiger partial charge in [-0.2, -0.15) is 10.2 Å². The van der Waals surface area contributed by atoms with E-state index in [0.717, 1.165) is 11.3 Å². The lowest BCUT2D eigenvalue weighted by Crippen LogP contribution is -2.20. The van der Waals surface area contributed by atoms with Crippen molar-refractivity contribution in [3.8, 4) is 11.5 Å². The van der Waals surface area contributed by atoms with Crippen LogP contribution in [-0.2, 0) is 17.9 Å². The van der Waals surface area contributed by atoms with Crippen LogP contribution in [0, 0.1) is 13.8 Å². The third-order valence-corrected chi connectivity index (χ3v) is 5.63. The monoisotopic (exact) mass is 476 g/mol. The molecule has 0 radical (unpaired) electrons. The number of halogens is 2. The SMILES string of the molecule is Cc1nn(CC(=O)Nc2cc(C)n(Cc3ccccc3)n2)c2nc(-c3ccco3)cc(C(F)F)c12. The van der Waals surface area contributed by atoms with Crippen molar-refractivity contribution in [2.24, 2.45) is 0 Å². The Labute approximate surface area is 199 Å². The Kier molecular flexibility index (Phi) is 5.86. The minimum Gasteiger partial charge on any atom is -0.463 e. The van der Waals surface area contributed by atoms with E-state index in [1.807, 2.05) is 37.3 Å². The number of pyridine rings is 1. The fourth-order valence-electron chi connectivity index (χ4n) is 4.03. The number of furan rings is 1. The van der Waals surface area contributed by atoms with Gasteiger partial charge in [0.25, 0.3) is 6.43 Å². The van der Waals surface area contributed by atoms with Crippen LogP contribution in [0.15, 0.2) is 65.3 Å². The maximum Gasteiger partial charge on any atom is 0.264 e. The average molecular weight is 476 g/mol. The molecule has 4 heterocycles. The molecule has 4 aromatic heterocycles. The number of nitrogens with zero attached hydrogens (tertiary/aromatic N) is 5. The number of nitrogens with one attached hydrogen (secondary N) is 1. The molecular formula is C25H22F2N6O2. The van der Waals surface area contributed by atoms with Gasteiger partial charge in [0.2, 0.25) is 5.91 Å². The van der Waals surface area contributed by atoms with E-state index in [1.54, 1.807) is 29.8 Å². The minimum atomic E-state index is -2.74. The van der Waals surface area contributed by atoms with Gasteiger partial charge in [-0.3, -0.25) is 9.48 Å². The highest BCUT2D eigenvalue weighted by molar-refractivity contribution is 5.91. The summed E-state index contributed by atoms with van der Waals surface area (Å²) in [5.74, 6) is 0.347. The number of aromatic nitrogens is 5. The maximum absolute atomic E-state index is 13.9. The van der Waals surface area contributed by atoms with Gasteiger partial charge in [0.05, 0.1) is 23.9 Å². The summed E-state index contributed by atoms with van der Waals surface area (Å²) in [6.45, 7) is 3.88. The standard InChI is InChI=1S/C25H22F2N6O2/c1-15-11-21(31-32(15)13-17-7-4-3-5-8-17)29-22(34)14-33-25-23(16(2)30-33)18(24(26)27)12-19(28-25)20-9-6-10-35-20/h3-12,24H,13-14H2,1-2H3,(H,29,31,34). The van der Waals surface area contributed by atoms with Crippen molar-refractivity contribution in [1.29, 1.82) is 0 Å². The van der Waals surface area contributed by atoms with Gasteiger partial charge < -0.3 is 9.73 Å². The highest BCUT2D eigenvalue weighted by atomic mass is 19.3. The number of hydrogen-bond acceptors (Lipinski definition) is 5. The summed E-state index contributed by atoms with van der Waals surface area (Å²) in [7, 11) is 0. The van der Waals surface area contributed by atoms with Crippen molar-refractivity contribution >= 4 is 22.8 Å².